The van der Waals surface area contributed by atoms with Gasteiger partial charge in [-0.25, -0.2) is 0 Å². The van der Waals surface area contributed by atoms with E-state index in [1.165, 1.54) is 180 Å². The highest BCUT2D eigenvalue weighted by Gasteiger charge is 2.24. The van der Waals surface area contributed by atoms with Gasteiger partial charge in [-0.15, -0.1) is 0 Å². The summed E-state index contributed by atoms with van der Waals surface area (Å²) in [6, 6.07) is 0. The molecular formula is C34H68N2. The SMILES string of the molecule is CCCCCCCCCCCCN1C=CN(CCCCCCCCCCCC)C1CCCCCCC. The van der Waals surface area contributed by atoms with Crippen molar-refractivity contribution in [1.29, 1.82) is 0 Å². The molecule has 0 saturated heterocycles. The fraction of sp³-hybridized carbons (Fsp3) is 0.941. The summed E-state index contributed by atoms with van der Waals surface area (Å²) in [7, 11) is 0. The lowest BCUT2D eigenvalue weighted by atomic mass is 10.1. The van der Waals surface area contributed by atoms with Gasteiger partial charge in [-0.3, -0.25) is 0 Å². The molecular weight excluding hydrogens is 436 g/mol. The van der Waals surface area contributed by atoms with Crippen molar-refractivity contribution in [2.24, 2.45) is 0 Å². The molecule has 0 bridgehead atoms. The Hall–Kier alpha value is -0.660. The van der Waals surface area contributed by atoms with Crippen LogP contribution in [0.4, 0.5) is 0 Å². The Balaban J connectivity index is 2.20. The molecule has 0 aliphatic carbocycles. The van der Waals surface area contributed by atoms with Crippen LogP contribution in [0.25, 0.3) is 0 Å². The molecule has 0 fully saturated rings. The Morgan fingerprint density at radius 1 is 0.361 bits per heavy atom. The van der Waals surface area contributed by atoms with Crippen LogP contribution in [0.3, 0.4) is 0 Å². The fourth-order valence-corrected chi connectivity index (χ4v) is 5.83. The molecule has 1 aliphatic rings. The molecule has 0 aromatic carbocycles. The first-order valence-electron chi connectivity index (χ1n) is 17.0. The van der Waals surface area contributed by atoms with Crippen molar-refractivity contribution in [3.8, 4) is 0 Å². The average Bonchev–Trinajstić information content (AvgIpc) is 3.27. The molecule has 0 aromatic heterocycles. The quantitative estimate of drug-likeness (QED) is 0.0977. The van der Waals surface area contributed by atoms with E-state index in [-0.39, 0.29) is 0 Å². The molecule has 0 saturated carbocycles. The molecule has 0 spiro atoms. The van der Waals surface area contributed by atoms with E-state index in [4.69, 9.17) is 0 Å². The van der Waals surface area contributed by atoms with Gasteiger partial charge in [-0.2, -0.15) is 0 Å². The highest BCUT2D eigenvalue weighted by Crippen LogP contribution is 2.24. The molecule has 1 rings (SSSR count). The molecule has 2 nitrogen and oxygen atoms in total. The molecule has 36 heavy (non-hydrogen) atoms. The summed E-state index contributed by atoms with van der Waals surface area (Å²) >= 11 is 0. The van der Waals surface area contributed by atoms with Crippen LogP contribution in [0.15, 0.2) is 12.4 Å². The first-order chi connectivity index (χ1) is 17.8. The van der Waals surface area contributed by atoms with Gasteiger partial charge >= 0.3 is 0 Å². The Labute approximate surface area is 229 Å². The van der Waals surface area contributed by atoms with Crippen LogP contribution in [0.5, 0.6) is 0 Å². The van der Waals surface area contributed by atoms with E-state index in [1.54, 1.807) is 0 Å². The smallest absolute Gasteiger partial charge is 0.101 e. The lowest BCUT2D eigenvalue weighted by Gasteiger charge is -2.33. The zero-order valence-electron chi connectivity index (χ0n) is 25.4. The van der Waals surface area contributed by atoms with Gasteiger partial charge in [0.2, 0.25) is 0 Å². The summed E-state index contributed by atoms with van der Waals surface area (Å²) in [5, 5.41) is 0. The van der Waals surface area contributed by atoms with Gasteiger partial charge in [-0.05, 0) is 25.7 Å². The molecule has 0 aromatic rings. The Morgan fingerprint density at radius 3 is 0.972 bits per heavy atom. The van der Waals surface area contributed by atoms with Gasteiger partial charge in [0, 0.05) is 25.5 Å². The predicted octanol–water partition coefficient (Wildman–Crippen LogP) is 11.6. The van der Waals surface area contributed by atoms with Crippen LogP contribution in [-0.4, -0.2) is 29.1 Å². The molecule has 1 heterocycles. The van der Waals surface area contributed by atoms with E-state index in [2.05, 4.69) is 43.0 Å². The van der Waals surface area contributed by atoms with Gasteiger partial charge in [-0.1, -0.05) is 162 Å². The number of nitrogens with zero attached hydrogens (tertiary/aromatic N) is 2. The molecule has 0 unspecified atom stereocenters. The van der Waals surface area contributed by atoms with E-state index in [9.17, 15) is 0 Å². The van der Waals surface area contributed by atoms with Gasteiger partial charge in [0.1, 0.15) is 6.17 Å². The largest absolute Gasteiger partial charge is 0.356 e. The molecule has 0 amide bonds. The van der Waals surface area contributed by atoms with E-state index >= 15 is 0 Å². The van der Waals surface area contributed by atoms with E-state index in [0.717, 1.165) is 0 Å². The number of hydrogen-bond acceptors (Lipinski definition) is 2. The zero-order valence-corrected chi connectivity index (χ0v) is 25.4. The fourth-order valence-electron chi connectivity index (χ4n) is 5.83. The first kappa shape index (κ1) is 33.4. The summed E-state index contributed by atoms with van der Waals surface area (Å²) in [5.41, 5.74) is 0. The van der Waals surface area contributed by atoms with E-state index < -0.39 is 0 Å². The van der Waals surface area contributed by atoms with Crippen molar-refractivity contribution < 1.29 is 0 Å². The van der Waals surface area contributed by atoms with Crippen LogP contribution in [-0.2, 0) is 0 Å². The number of unbranched alkanes of at least 4 members (excludes halogenated alkanes) is 22. The lowest BCUT2D eigenvalue weighted by molar-refractivity contribution is 0.135. The molecule has 1 aliphatic heterocycles. The van der Waals surface area contributed by atoms with Crippen molar-refractivity contribution in [1.82, 2.24) is 9.80 Å². The number of hydrogen-bond donors (Lipinski definition) is 0. The summed E-state index contributed by atoms with van der Waals surface area (Å²) < 4.78 is 0. The standard InChI is InChI=1S/C34H68N2/c1-4-7-10-13-15-17-19-21-24-27-30-35-32-33-36(34(35)29-26-23-12-9-6-3)31-28-25-22-20-18-16-14-11-8-5-2/h32-34H,4-31H2,1-3H3. The van der Waals surface area contributed by atoms with Crippen molar-refractivity contribution in [3.05, 3.63) is 12.4 Å². The Kier molecular flexibility index (Phi) is 24.1. The van der Waals surface area contributed by atoms with Crippen molar-refractivity contribution >= 4 is 0 Å². The maximum atomic E-state index is 2.70. The van der Waals surface area contributed by atoms with E-state index in [0.29, 0.717) is 6.17 Å². The Bertz CT molecular complexity index is 426. The monoisotopic (exact) mass is 505 g/mol. The minimum atomic E-state index is 0.642. The van der Waals surface area contributed by atoms with Crippen LogP contribution in [0, 0.1) is 0 Å². The third-order valence-corrected chi connectivity index (χ3v) is 8.32. The van der Waals surface area contributed by atoms with E-state index in [1.807, 2.05) is 0 Å². The highest BCUT2D eigenvalue weighted by atomic mass is 15.4. The molecule has 0 N–H and O–H groups in total. The zero-order chi connectivity index (χ0) is 25.9. The molecule has 0 atom stereocenters. The third-order valence-electron chi connectivity index (χ3n) is 8.32. The highest BCUT2D eigenvalue weighted by molar-refractivity contribution is 4.97. The molecule has 214 valence electrons. The maximum absolute atomic E-state index is 2.70. The second-order valence-corrected chi connectivity index (χ2v) is 11.8. The molecule has 0 radical (unpaired) electrons. The minimum absolute atomic E-state index is 0.642. The summed E-state index contributed by atoms with van der Waals surface area (Å²) in [5.74, 6) is 0. The van der Waals surface area contributed by atoms with Crippen molar-refractivity contribution in [2.75, 3.05) is 13.1 Å². The van der Waals surface area contributed by atoms with Crippen LogP contribution >= 0.6 is 0 Å². The first-order valence-corrected chi connectivity index (χ1v) is 17.0. The van der Waals surface area contributed by atoms with Gasteiger partial charge in [0.05, 0.1) is 0 Å². The second-order valence-electron chi connectivity index (χ2n) is 11.8. The normalized spacial score (nSPS) is 14.0. The van der Waals surface area contributed by atoms with Crippen LogP contribution < -0.4 is 0 Å². The van der Waals surface area contributed by atoms with Crippen molar-refractivity contribution in [2.45, 2.75) is 194 Å². The van der Waals surface area contributed by atoms with Crippen LogP contribution in [0.2, 0.25) is 0 Å². The van der Waals surface area contributed by atoms with Gasteiger partial charge < -0.3 is 9.80 Å². The second kappa shape index (κ2) is 26.0. The van der Waals surface area contributed by atoms with Gasteiger partial charge in [0.25, 0.3) is 0 Å². The number of rotatable bonds is 28. The predicted molar refractivity (Wildman–Crippen MR) is 163 cm³/mol. The van der Waals surface area contributed by atoms with Crippen LogP contribution in [0.1, 0.15) is 188 Å². The third kappa shape index (κ3) is 18.6. The Morgan fingerprint density at radius 2 is 0.639 bits per heavy atom. The minimum Gasteiger partial charge on any atom is -0.356 e. The summed E-state index contributed by atoms with van der Waals surface area (Å²) in [6.45, 7) is 9.47. The lowest BCUT2D eigenvalue weighted by Crippen LogP contribution is -2.39. The topological polar surface area (TPSA) is 6.48 Å². The van der Waals surface area contributed by atoms with Crippen molar-refractivity contribution in [3.63, 3.8) is 0 Å². The maximum Gasteiger partial charge on any atom is 0.101 e. The molecule has 2 heteroatoms. The summed E-state index contributed by atoms with van der Waals surface area (Å²) in [6.07, 6.45) is 42.5. The summed E-state index contributed by atoms with van der Waals surface area (Å²) in [4.78, 5) is 5.39. The van der Waals surface area contributed by atoms with Gasteiger partial charge in [0.15, 0.2) is 0 Å². The average molecular weight is 505 g/mol.